The first-order valence-electron chi connectivity index (χ1n) is 10.3. The fraction of sp³-hybridized carbons (Fsp3) is 0.435. The maximum Gasteiger partial charge on any atom is 0.249 e. The second-order valence-electron chi connectivity index (χ2n) is 7.88. The van der Waals surface area contributed by atoms with Crippen LogP contribution in [0.4, 0.5) is 5.69 Å². The highest BCUT2D eigenvalue weighted by Crippen LogP contribution is 2.27. The van der Waals surface area contributed by atoms with E-state index in [9.17, 15) is 9.90 Å². The molecule has 3 N–H and O–H groups in total. The lowest BCUT2D eigenvalue weighted by atomic mass is 9.96. The molecule has 0 saturated carbocycles. The zero-order valence-corrected chi connectivity index (χ0v) is 16.7. The summed E-state index contributed by atoms with van der Waals surface area (Å²) in [5.41, 5.74) is 10.7. The first-order valence-corrected chi connectivity index (χ1v) is 10.3. The Morgan fingerprint density at radius 1 is 1.07 bits per heavy atom. The topological polar surface area (TPSA) is 79.0 Å². The Balaban J connectivity index is 1.50. The van der Waals surface area contributed by atoms with Gasteiger partial charge in [-0.1, -0.05) is 30.3 Å². The highest BCUT2D eigenvalue weighted by atomic mass is 16.5. The molecule has 2 aliphatic heterocycles. The van der Waals surface area contributed by atoms with E-state index in [0.717, 1.165) is 43.9 Å². The minimum atomic E-state index is -0.569. The molecular weight excluding hydrogens is 366 g/mol. The summed E-state index contributed by atoms with van der Waals surface area (Å²) in [5.74, 6) is -0.450. The van der Waals surface area contributed by atoms with E-state index in [0.29, 0.717) is 31.7 Å². The minimum absolute atomic E-state index is 0.407. The molecule has 2 aromatic rings. The Morgan fingerprint density at radius 3 is 2.59 bits per heavy atom. The number of aliphatic hydroxyl groups excluding tert-OH is 1. The van der Waals surface area contributed by atoms with Gasteiger partial charge in [-0.15, -0.1) is 0 Å². The fourth-order valence-corrected chi connectivity index (χ4v) is 4.43. The normalized spacial score (nSPS) is 18.3. The number of carbonyl (C=O) groups is 1. The summed E-state index contributed by atoms with van der Waals surface area (Å²) >= 11 is 0. The highest BCUT2D eigenvalue weighted by molar-refractivity contribution is 5.96. The van der Waals surface area contributed by atoms with Crippen LogP contribution in [-0.2, 0) is 24.1 Å². The standard InChI is InChI=1S/C23H29N3O3/c24-23(28)20-6-3-7-22(26-10-12-29-13-11-26)21(20)14-19(27)16-25-9-8-17-4-1-2-5-18(17)15-25/h1-7,19,27H,8-16H2,(H2,24,28). The molecule has 2 aliphatic rings. The lowest BCUT2D eigenvalue weighted by Gasteiger charge is -2.33. The summed E-state index contributed by atoms with van der Waals surface area (Å²) < 4.78 is 5.46. The maximum atomic E-state index is 12.1. The number of amides is 1. The van der Waals surface area contributed by atoms with Gasteiger partial charge < -0.3 is 20.5 Å². The van der Waals surface area contributed by atoms with Crippen molar-refractivity contribution in [2.75, 3.05) is 44.3 Å². The molecule has 0 aromatic heterocycles. The van der Waals surface area contributed by atoms with E-state index in [4.69, 9.17) is 10.5 Å². The molecule has 1 atom stereocenters. The number of ether oxygens (including phenoxy) is 1. The predicted octanol–water partition coefficient (Wildman–Crippen LogP) is 1.58. The van der Waals surface area contributed by atoms with Gasteiger partial charge in [0.25, 0.3) is 0 Å². The van der Waals surface area contributed by atoms with Crippen molar-refractivity contribution in [3.05, 3.63) is 64.7 Å². The van der Waals surface area contributed by atoms with Crippen molar-refractivity contribution in [2.45, 2.75) is 25.5 Å². The smallest absolute Gasteiger partial charge is 0.249 e. The molecule has 1 fully saturated rings. The number of carbonyl (C=O) groups excluding carboxylic acids is 1. The highest BCUT2D eigenvalue weighted by Gasteiger charge is 2.23. The number of rotatable bonds is 6. The van der Waals surface area contributed by atoms with Gasteiger partial charge in [0.1, 0.15) is 0 Å². The second-order valence-corrected chi connectivity index (χ2v) is 7.88. The van der Waals surface area contributed by atoms with E-state index in [-0.39, 0.29) is 0 Å². The second kappa shape index (κ2) is 8.95. The van der Waals surface area contributed by atoms with E-state index in [1.54, 1.807) is 6.07 Å². The number of β-amino-alcohol motifs (C(OH)–C–C–N with tert-alkyl or cyclic N) is 1. The molecule has 4 rings (SSSR count). The van der Waals surface area contributed by atoms with Gasteiger partial charge in [0.2, 0.25) is 5.91 Å². The maximum absolute atomic E-state index is 12.1. The Kier molecular flexibility index (Phi) is 6.13. The van der Waals surface area contributed by atoms with Crippen LogP contribution in [0.15, 0.2) is 42.5 Å². The van der Waals surface area contributed by atoms with Gasteiger partial charge >= 0.3 is 0 Å². The van der Waals surface area contributed by atoms with Crippen LogP contribution in [-0.4, -0.2) is 61.4 Å². The summed E-state index contributed by atoms with van der Waals surface area (Å²) in [5, 5.41) is 10.9. The molecule has 1 unspecified atom stereocenters. The Hall–Kier alpha value is -2.41. The molecule has 1 amide bonds. The number of anilines is 1. The third kappa shape index (κ3) is 4.61. The largest absolute Gasteiger partial charge is 0.391 e. The molecule has 0 spiro atoms. The van der Waals surface area contributed by atoms with Crippen molar-refractivity contribution in [1.29, 1.82) is 0 Å². The van der Waals surface area contributed by atoms with E-state index in [2.05, 4.69) is 34.1 Å². The summed E-state index contributed by atoms with van der Waals surface area (Å²) in [7, 11) is 0. The minimum Gasteiger partial charge on any atom is -0.391 e. The summed E-state index contributed by atoms with van der Waals surface area (Å²) in [6.45, 7) is 5.22. The van der Waals surface area contributed by atoms with Gasteiger partial charge in [-0.05, 0) is 35.2 Å². The molecule has 0 bridgehead atoms. The van der Waals surface area contributed by atoms with Crippen molar-refractivity contribution in [2.24, 2.45) is 5.73 Å². The molecule has 0 aliphatic carbocycles. The van der Waals surface area contributed by atoms with Crippen molar-refractivity contribution in [3.8, 4) is 0 Å². The fourth-order valence-electron chi connectivity index (χ4n) is 4.43. The van der Waals surface area contributed by atoms with E-state index >= 15 is 0 Å². The summed E-state index contributed by atoms with van der Waals surface area (Å²) in [6.07, 6.45) is 0.838. The third-order valence-electron chi connectivity index (χ3n) is 5.89. The SMILES string of the molecule is NC(=O)c1cccc(N2CCOCC2)c1CC(O)CN1CCc2ccccc2C1. The quantitative estimate of drug-likeness (QED) is 0.777. The van der Waals surface area contributed by atoms with Gasteiger partial charge in [0, 0.05) is 50.4 Å². The van der Waals surface area contributed by atoms with E-state index < -0.39 is 12.0 Å². The number of hydrogen-bond donors (Lipinski definition) is 2. The summed E-state index contributed by atoms with van der Waals surface area (Å²) in [6, 6.07) is 14.1. The number of benzene rings is 2. The molecule has 6 heteroatoms. The average Bonchev–Trinajstić information content (AvgIpc) is 2.74. The Morgan fingerprint density at radius 2 is 1.83 bits per heavy atom. The van der Waals surface area contributed by atoms with Crippen LogP contribution in [0, 0.1) is 0 Å². The summed E-state index contributed by atoms with van der Waals surface area (Å²) in [4.78, 5) is 16.6. The van der Waals surface area contributed by atoms with Crippen molar-refractivity contribution in [3.63, 3.8) is 0 Å². The van der Waals surface area contributed by atoms with Crippen LogP contribution < -0.4 is 10.6 Å². The van der Waals surface area contributed by atoms with Crippen LogP contribution >= 0.6 is 0 Å². The number of nitrogens with two attached hydrogens (primary N) is 1. The van der Waals surface area contributed by atoms with Crippen molar-refractivity contribution >= 4 is 11.6 Å². The van der Waals surface area contributed by atoms with Gasteiger partial charge in [-0.25, -0.2) is 0 Å². The molecular formula is C23H29N3O3. The van der Waals surface area contributed by atoms with Crippen LogP contribution in [0.5, 0.6) is 0 Å². The first kappa shape index (κ1) is 19.9. The zero-order chi connectivity index (χ0) is 20.2. The van der Waals surface area contributed by atoms with Gasteiger partial charge in [-0.2, -0.15) is 0 Å². The van der Waals surface area contributed by atoms with Gasteiger partial charge in [0.05, 0.1) is 19.3 Å². The number of fused-ring (bicyclic) bond motifs is 1. The molecule has 1 saturated heterocycles. The van der Waals surface area contributed by atoms with Crippen LogP contribution in [0.25, 0.3) is 0 Å². The molecule has 2 aromatic carbocycles. The predicted molar refractivity (Wildman–Crippen MR) is 113 cm³/mol. The third-order valence-corrected chi connectivity index (χ3v) is 5.89. The first-order chi connectivity index (χ1) is 14.1. The number of nitrogens with zero attached hydrogens (tertiary/aromatic N) is 2. The number of morpholine rings is 1. The molecule has 29 heavy (non-hydrogen) atoms. The Bertz CT molecular complexity index is 864. The van der Waals surface area contributed by atoms with E-state index in [1.165, 1.54) is 11.1 Å². The molecule has 154 valence electrons. The van der Waals surface area contributed by atoms with Crippen LogP contribution in [0.3, 0.4) is 0 Å². The lowest BCUT2D eigenvalue weighted by Crippen LogP contribution is -2.39. The lowest BCUT2D eigenvalue weighted by molar-refractivity contribution is 0.0989. The van der Waals surface area contributed by atoms with Gasteiger partial charge in [-0.3, -0.25) is 9.69 Å². The van der Waals surface area contributed by atoms with E-state index in [1.807, 2.05) is 12.1 Å². The molecule has 0 radical (unpaired) electrons. The van der Waals surface area contributed by atoms with Gasteiger partial charge in [0.15, 0.2) is 0 Å². The van der Waals surface area contributed by atoms with Crippen LogP contribution in [0.1, 0.15) is 27.0 Å². The zero-order valence-electron chi connectivity index (χ0n) is 16.7. The van der Waals surface area contributed by atoms with Crippen LogP contribution in [0.2, 0.25) is 0 Å². The molecule has 2 heterocycles. The Labute approximate surface area is 171 Å². The monoisotopic (exact) mass is 395 g/mol. The number of hydrogen-bond acceptors (Lipinski definition) is 5. The van der Waals surface area contributed by atoms with Crippen molar-refractivity contribution in [1.82, 2.24) is 4.90 Å². The van der Waals surface area contributed by atoms with Crippen molar-refractivity contribution < 1.29 is 14.6 Å². The average molecular weight is 396 g/mol. The number of primary amides is 1. The molecule has 6 nitrogen and oxygen atoms in total. The number of aliphatic hydroxyl groups is 1.